The summed E-state index contributed by atoms with van der Waals surface area (Å²) in [5.41, 5.74) is 7.22. The van der Waals surface area contributed by atoms with Gasteiger partial charge in [0.25, 0.3) is 5.91 Å². The monoisotopic (exact) mass is 328 g/mol. The third-order valence-electron chi connectivity index (χ3n) is 2.55. The van der Waals surface area contributed by atoms with Gasteiger partial charge in [-0.2, -0.15) is 0 Å². The third-order valence-corrected chi connectivity index (χ3v) is 3.73. The molecule has 0 aliphatic heterocycles. The molecule has 1 amide bonds. The number of hydrogen-bond donors (Lipinski definition) is 1. The zero-order valence-corrected chi connectivity index (χ0v) is 13.0. The number of benzene rings is 1. The molecule has 0 bridgehead atoms. The van der Waals surface area contributed by atoms with Gasteiger partial charge < -0.3 is 10.6 Å². The fourth-order valence-electron chi connectivity index (χ4n) is 1.69. The van der Waals surface area contributed by atoms with E-state index in [4.69, 9.17) is 18.0 Å². The fraction of sp³-hybridized carbons (Fsp3) is 0.385. The topological polar surface area (TPSA) is 46.3 Å². The minimum absolute atomic E-state index is 0.0415. The van der Waals surface area contributed by atoms with Gasteiger partial charge in [0, 0.05) is 11.0 Å². The molecule has 2 N–H and O–H groups in total. The summed E-state index contributed by atoms with van der Waals surface area (Å²) in [6, 6.07) is 5.64. The maximum Gasteiger partial charge on any atom is 0.255 e. The summed E-state index contributed by atoms with van der Waals surface area (Å²) in [7, 11) is 0. The number of nitrogens with two attached hydrogens (primary N) is 1. The van der Waals surface area contributed by atoms with Crippen LogP contribution in [0.4, 0.5) is 0 Å². The van der Waals surface area contributed by atoms with Crippen molar-refractivity contribution in [3.05, 3.63) is 33.8 Å². The van der Waals surface area contributed by atoms with E-state index in [0.29, 0.717) is 23.6 Å². The van der Waals surface area contributed by atoms with Crippen LogP contribution in [0.25, 0.3) is 0 Å². The molecule has 0 spiro atoms. The number of aryl methyl sites for hydroxylation is 1. The number of carbonyl (C=O) groups is 1. The summed E-state index contributed by atoms with van der Waals surface area (Å²) in [6.45, 7) is 4.95. The molecule has 0 unspecified atom stereocenters. The molecular weight excluding hydrogens is 312 g/mol. The average molecular weight is 329 g/mol. The Morgan fingerprint density at radius 2 is 2.17 bits per heavy atom. The standard InChI is InChI=1S/C13H17BrN2OS/c1-3-7-16(8-11(15)18)13(17)10-6-4-5-9(2)12(10)14/h4-6H,3,7-8H2,1-2H3,(H2,15,18). The molecule has 5 heteroatoms. The van der Waals surface area contributed by atoms with Crippen LogP contribution in [0.2, 0.25) is 0 Å². The summed E-state index contributed by atoms with van der Waals surface area (Å²) >= 11 is 8.34. The van der Waals surface area contributed by atoms with E-state index in [0.717, 1.165) is 16.5 Å². The Hall–Kier alpha value is -0.940. The number of hydrogen-bond acceptors (Lipinski definition) is 2. The summed E-state index contributed by atoms with van der Waals surface area (Å²) in [4.78, 5) is 14.4. The molecule has 98 valence electrons. The summed E-state index contributed by atoms with van der Waals surface area (Å²) in [5, 5.41) is 0. The van der Waals surface area contributed by atoms with Crippen LogP contribution >= 0.6 is 28.1 Å². The molecule has 0 heterocycles. The van der Waals surface area contributed by atoms with Gasteiger partial charge in [-0.15, -0.1) is 0 Å². The second-order valence-electron chi connectivity index (χ2n) is 4.13. The van der Waals surface area contributed by atoms with Crippen LogP contribution in [0, 0.1) is 6.92 Å². The van der Waals surface area contributed by atoms with Crippen LogP contribution in [-0.4, -0.2) is 28.9 Å². The Bertz CT molecular complexity index is 462. The summed E-state index contributed by atoms with van der Waals surface area (Å²) < 4.78 is 0.832. The van der Waals surface area contributed by atoms with E-state index in [1.165, 1.54) is 0 Å². The lowest BCUT2D eigenvalue weighted by Gasteiger charge is -2.22. The van der Waals surface area contributed by atoms with E-state index >= 15 is 0 Å². The smallest absolute Gasteiger partial charge is 0.255 e. The van der Waals surface area contributed by atoms with E-state index in [9.17, 15) is 4.79 Å². The van der Waals surface area contributed by atoms with E-state index in [2.05, 4.69) is 15.9 Å². The number of rotatable bonds is 5. The van der Waals surface area contributed by atoms with Crippen LogP contribution < -0.4 is 5.73 Å². The minimum atomic E-state index is -0.0415. The molecule has 0 aromatic heterocycles. The largest absolute Gasteiger partial charge is 0.392 e. The van der Waals surface area contributed by atoms with Crippen molar-refractivity contribution in [1.82, 2.24) is 4.90 Å². The number of nitrogens with zero attached hydrogens (tertiary/aromatic N) is 1. The molecule has 1 rings (SSSR count). The van der Waals surface area contributed by atoms with Gasteiger partial charge in [-0.3, -0.25) is 4.79 Å². The molecule has 1 aromatic carbocycles. The molecule has 0 saturated carbocycles. The Morgan fingerprint density at radius 3 is 2.72 bits per heavy atom. The molecule has 18 heavy (non-hydrogen) atoms. The lowest BCUT2D eigenvalue weighted by molar-refractivity contribution is 0.0779. The van der Waals surface area contributed by atoms with E-state index < -0.39 is 0 Å². The van der Waals surface area contributed by atoms with Crippen molar-refractivity contribution in [3.63, 3.8) is 0 Å². The van der Waals surface area contributed by atoms with E-state index in [1.807, 2.05) is 32.0 Å². The minimum Gasteiger partial charge on any atom is -0.392 e. The molecular formula is C13H17BrN2OS. The lowest BCUT2D eigenvalue weighted by Crippen LogP contribution is -2.38. The van der Waals surface area contributed by atoms with Crippen LogP contribution in [-0.2, 0) is 0 Å². The van der Waals surface area contributed by atoms with Crippen molar-refractivity contribution >= 4 is 39.0 Å². The molecule has 0 aliphatic carbocycles. The fourth-order valence-corrected chi connectivity index (χ4v) is 2.28. The van der Waals surface area contributed by atoms with Crippen molar-refractivity contribution in [3.8, 4) is 0 Å². The Morgan fingerprint density at radius 1 is 1.50 bits per heavy atom. The van der Waals surface area contributed by atoms with Gasteiger partial charge in [-0.05, 0) is 40.9 Å². The second-order valence-corrected chi connectivity index (χ2v) is 5.45. The van der Waals surface area contributed by atoms with Crippen LogP contribution in [0.1, 0.15) is 29.3 Å². The van der Waals surface area contributed by atoms with Crippen LogP contribution in [0.5, 0.6) is 0 Å². The molecule has 0 radical (unpaired) electrons. The first kappa shape index (κ1) is 15.1. The molecule has 0 saturated heterocycles. The predicted molar refractivity (Wildman–Crippen MR) is 81.9 cm³/mol. The maximum atomic E-state index is 12.4. The first-order chi connectivity index (χ1) is 8.47. The van der Waals surface area contributed by atoms with Gasteiger partial charge in [0.2, 0.25) is 0 Å². The van der Waals surface area contributed by atoms with Gasteiger partial charge in [0.05, 0.1) is 17.1 Å². The van der Waals surface area contributed by atoms with Crippen molar-refractivity contribution in [1.29, 1.82) is 0 Å². The molecule has 0 fully saturated rings. The zero-order valence-electron chi connectivity index (χ0n) is 10.6. The van der Waals surface area contributed by atoms with Gasteiger partial charge in [0.15, 0.2) is 0 Å². The summed E-state index contributed by atoms with van der Waals surface area (Å²) in [5.74, 6) is -0.0415. The highest BCUT2D eigenvalue weighted by molar-refractivity contribution is 9.10. The second kappa shape index (κ2) is 6.85. The van der Waals surface area contributed by atoms with Crippen LogP contribution in [0.15, 0.2) is 22.7 Å². The zero-order chi connectivity index (χ0) is 13.7. The van der Waals surface area contributed by atoms with Crippen molar-refractivity contribution in [2.24, 2.45) is 5.73 Å². The van der Waals surface area contributed by atoms with Crippen molar-refractivity contribution in [2.75, 3.05) is 13.1 Å². The maximum absolute atomic E-state index is 12.4. The van der Waals surface area contributed by atoms with Gasteiger partial charge in [0.1, 0.15) is 0 Å². The van der Waals surface area contributed by atoms with Gasteiger partial charge in [-0.1, -0.05) is 31.3 Å². The molecule has 0 aliphatic rings. The average Bonchev–Trinajstić information content (AvgIpc) is 2.31. The first-order valence-corrected chi connectivity index (χ1v) is 7.00. The van der Waals surface area contributed by atoms with Crippen LogP contribution in [0.3, 0.4) is 0 Å². The van der Waals surface area contributed by atoms with Gasteiger partial charge >= 0.3 is 0 Å². The normalized spacial score (nSPS) is 10.2. The number of thiocarbonyl (C=S) groups is 1. The summed E-state index contributed by atoms with van der Waals surface area (Å²) in [6.07, 6.45) is 0.873. The Labute approximate surface area is 121 Å². The Kier molecular flexibility index (Phi) is 5.75. The first-order valence-electron chi connectivity index (χ1n) is 5.80. The molecule has 0 atom stereocenters. The quantitative estimate of drug-likeness (QED) is 0.845. The molecule has 3 nitrogen and oxygen atoms in total. The SMILES string of the molecule is CCCN(CC(N)=S)C(=O)c1cccc(C)c1Br. The van der Waals surface area contributed by atoms with E-state index in [1.54, 1.807) is 4.90 Å². The highest BCUT2D eigenvalue weighted by Gasteiger charge is 2.18. The number of amides is 1. The third kappa shape index (κ3) is 3.78. The highest BCUT2D eigenvalue weighted by Crippen LogP contribution is 2.22. The van der Waals surface area contributed by atoms with E-state index in [-0.39, 0.29) is 5.91 Å². The van der Waals surface area contributed by atoms with Gasteiger partial charge in [-0.25, -0.2) is 0 Å². The van der Waals surface area contributed by atoms with Crippen molar-refractivity contribution < 1.29 is 4.79 Å². The predicted octanol–water partition coefficient (Wildman–Crippen LogP) is 2.90. The highest BCUT2D eigenvalue weighted by atomic mass is 79.9. The number of carbonyl (C=O) groups excluding carboxylic acids is 1. The lowest BCUT2D eigenvalue weighted by atomic mass is 10.1. The van der Waals surface area contributed by atoms with Crippen molar-refractivity contribution in [2.45, 2.75) is 20.3 Å². The Balaban J connectivity index is 3.01. The molecule has 1 aromatic rings. The number of halogens is 1.